The highest BCUT2D eigenvalue weighted by atomic mass is 79.9. The van der Waals surface area contributed by atoms with E-state index in [4.69, 9.17) is 15.3 Å². The van der Waals surface area contributed by atoms with Crippen LogP contribution in [0.4, 0.5) is 0 Å². The zero-order valence-electron chi connectivity index (χ0n) is 5.96. The first-order valence-corrected chi connectivity index (χ1v) is 4.13. The summed E-state index contributed by atoms with van der Waals surface area (Å²) in [6.45, 7) is 0.424. The second-order valence-corrected chi connectivity index (χ2v) is 3.04. The van der Waals surface area contributed by atoms with Gasteiger partial charge in [0, 0.05) is 6.54 Å². The Morgan fingerprint density at radius 3 is 2.73 bits per heavy atom. The summed E-state index contributed by atoms with van der Waals surface area (Å²) in [5.74, 6) is 0.642. The van der Waals surface area contributed by atoms with E-state index >= 15 is 0 Å². The Hall–Kier alpha value is -0.320. The van der Waals surface area contributed by atoms with E-state index in [1.807, 2.05) is 0 Å². The molecule has 3 nitrogen and oxygen atoms in total. The summed E-state index contributed by atoms with van der Waals surface area (Å²) in [4.78, 5) is 0. The molecule has 0 aromatic carbocycles. The molecule has 3 N–H and O–H groups in total. The third-order valence-corrected chi connectivity index (χ3v) is 1.93. The van der Waals surface area contributed by atoms with Crippen LogP contribution in [0.15, 0.2) is 21.2 Å². The number of hydrogen-bond acceptors (Lipinski definition) is 3. The number of halogens is 1. The first kappa shape index (κ1) is 8.77. The van der Waals surface area contributed by atoms with E-state index in [1.165, 1.54) is 0 Å². The lowest BCUT2D eigenvalue weighted by Gasteiger charge is -2.06. The standard InChI is InChI=1S/C7H10BrNO2/c8-7-2-1-6(11-7)5(3-9)4-10/h1-2,5,10H,3-4,9H2. The van der Waals surface area contributed by atoms with E-state index in [2.05, 4.69) is 15.9 Å². The second kappa shape index (κ2) is 3.90. The van der Waals surface area contributed by atoms with Crippen molar-refractivity contribution >= 4 is 15.9 Å². The minimum Gasteiger partial charge on any atom is -0.454 e. The zero-order valence-corrected chi connectivity index (χ0v) is 7.54. The van der Waals surface area contributed by atoms with Gasteiger partial charge >= 0.3 is 0 Å². The van der Waals surface area contributed by atoms with E-state index < -0.39 is 0 Å². The minimum absolute atomic E-state index is 0.0243. The molecule has 1 aromatic heterocycles. The molecule has 0 amide bonds. The van der Waals surface area contributed by atoms with Gasteiger partial charge in [0.25, 0.3) is 0 Å². The highest BCUT2D eigenvalue weighted by Gasteiger charge is 2.11. The number of aliphatic hydroxyl groups is 1. The van der Waals surface area contributed by atoms with Crippen LogP contribution in [-0.4, -0.2) is 18.3 Å². The van der Waals surface area contributed by atoms with Crippen molar-refractivity contribution in [3.8, 4) is 0 Å². The Kier molecular flexibility index (Phi) is 3.11. The molecular formula is C7H10BrNO2. The van der Waals surface area contributed by atoms with Crippen LogP contribution < -0.4 is 5.73 Å². The predicted molar refractivity (Wildman–Crippen MR) is 45.3 cm³/mol. The first-order chi connectivity index (χ1) is 5.27. The number of rotatable bonds is 3. The van der Waals surface area contributed by atoms with Crippen molar-refractivity contribution in [2.75, 3.05) is 13.2 Å². The van der Waals surface area contributed by atoms with E-state index in [0.717, 1.165) is 5.76 Å². The van der Waals surface area contributed by atoms with Crippen LogP contribution in [0.1, 0.15) is 11.7 Å². The van der Waals surface area contributed by atoms with Crippen molar-refractivity contribution < 1.29 is 9.52 Å². The second-order valence-electron chi connectivity index (χ2n) is 2.26. The molecule has 0 spiro atoms. The Balaban J connectivity index is 2.73. The third kappa shape index (κ3) is 2.05. The Morgan fingerprint density at radius 1 is 1.64 bits per heavy atom. The summed E-state index contributed by atoms with van der Waals surface area (Å²) in [6, 6.07) is 3.59. The lowest BCUT2D eigenvalue weighted by molar-refractivity contribution is 0.250. The maximum absolute atomic E-state index is 8.83. The van der Waals surface area contributed by atoms with Crippen molar-refractivity contribution in [2.45, 2.75) is 5.92 Å². The molecule has 0 saturated heterocycles. The third-order valence-electron chi connectivity index (χ3n) is 1.50. The molecule has 1 unspecified atom stereocenters. The van der Waals surface area contributed by atoms with E-state index in [9.17, 15) is 0 Å². The van der Waals surface area contributed by atoms with Crippen molar-refractivity contribution in [3.63, 3.8) is 0 Å². The van der Waals surface area contributed by atoms with Crippen LogP contribution >= 0.6 is 15.9 Å². The smallest absolute Gasteiger partial charge is 0.169 e. The first-order valence-electron chi connectivity index (χ1n) is 3.34. The molecule has 0 aliphatic rings. The van der Waals surface area contributed by atoms with Gasteiger partial charge in [-0.1, -0.05) is 0 Å². The monoisotopic (exact) mass is 219 g/mol. The van der Waals surface area contributed by atoms with Gasteiger partial charge in [0.15, 0.2) is 4.67 Å². The van der Waals surface area contributed by atoms with Crippen LogP contribution in [0.5, 0.6) is 0 Å². The molecule has 11 heavy (non-hydrogen) atoms. The average molecular weight is 220 g/mol. The molecule has 62 valence electrons. The van der Waals surface area contributed by atoms with Gasteiger partial charge in [-0.2, -0.15) is 0 Å². The SMILES string of the molecule is NCC(CO)c1ccc(Br)o1. The van der Waals surface area contributed by atoms with Crippen LogP contribution in [0.3, 0.4) is 0 Å². The number of furan rings is 1. The Morgan fingerprint density at radius 2 is 2.36 bits per heavy atom. The fourth-order valence-electron chi connectivity index (χ4n) is 0.828. The molecule has 4 heteroatoms. The molecule has 1 rings (SSSR count). The fourth-order valence-corrected chi connectivity index (χ4v) is 1.15. The highest BCUT2D eigenvalue weighted by Crippen LogP contribution is 2.20. The number of aliphatic hydroxyl groups excluding tert-OH is 1. The van der Waals surface area contributed by atoms with Crippen LogP contribution in [0, 0.1) is 0 Å². The van der Waals surface area contributed by atoms with Gasteiger partial charge in [-0.25, -0.2) is 0 Å². The summed E-state index contributed by atoms with van der Waals surface area (Å²) < 4.78 is 5.87. The lowest BCUT2D eigenvalue weighted by atomic mass is 10.1. The zero-order chi connectivity index (χ0) is 8.27. The van der Waals surface area contributed by atoms with Crippen LogP contribution in [-0.2, 0) is 0 Å². The molecule has 1 atom stereocenters. The Bertz CT molecular complexity index is 220. The van der Waals surface area contributed by atoms with Gasteiger partial charge < -0.3 is 15.3 Å². The molecule has 0 bridgehead atoms. The molecule has 0 aliphatic heterocycles. The summed E-state index contributed by atoms with van der Waals surface area (Å²) in [6.07, 6.45) is 0. The highest BCUT2D eigenvalue weighted by molar-refractivity contribution is 9.10. The molecule has 0 radical (unpaired) electrons. The normalized spacial score (nSPS) is 13.4. The van der Waals surface area contributed by atoms with Gasteiger partial charge in [-0.3, -0.25) is 0 Å². The molecule has 0 saturated carbocycles. The number of hydrogen-bond donors (Lipinski definition) is 2. The van der Waals surface area contributed by atoms with Crippen molar-refractivity contribution in [2.24, 2.45) is 5.73 Å². The summed E-state index contributed by atoms with van der Waals surface area (Å²) in [5, 5.41) is 8.83. The van der Waals surface area contributed by atoms with Crippen LogP contribution in [0.2, 0.25) is 0 Å². The predicted octanol–water partition coefficient (Wildman–Crippen LogP) is 1.08. The summed E-state index contributed by atoms with van der Waals surface area (Å²) in [5.41, 5.74) is 5.39. The minimum atomic E-state index is -0.0821. The molecular weight excluding hydrogens is 210 g/mol. The molecule has 0 fully saturated rings. The van der Waals surface area contributed by atoms with E-state index in [1.54, 1.807) is 12.1 Å². The summed E-state index contributed by atoms with van der Waals surface area (Å²) >= 11 is 3.17. The van der Waals surface area contributed by atoms with Gasteiger partial charge in [-0.05, 0) is 28.1 Å². The molecule has 0 aliphatic carbocycles. The molecule has 1 heterocycles. The van der Waals surface area contributed by atoms with Gasteiger partial charge in [0.05, 0.1) is 12.5 Å². The van der Waals surface area contributed by atoms with Crippen molar-refractivity contribution in [1.82, 2.24) is 0 Å². The van der Waals surface area contributed by atoms with Gasteiger partial charge in [0.2, 0.25) is 0 Å². The number of nitrogens with two attached hydrogens (primary N) is 1. The van der Waals surface area contributed by atoms with Crippen LogP contribution in [0.25, 0.3) is 0 Å². The van der Waals surface area contributed by atoms with Gasteiger partial charge in [-0.15, -0.1) is 0 Å². The van der Waals surface area contributed by atoms with Crippen molar-refractivity contribution in [1.29, 1.82) is 0 Å². The fraction of sp³-hybridized carbons (Fsp3) is 0.429. The maximum atomic E-state index is 8.83. The largest absolute Gasteiger partial charge is 0.454 e. The van der Waals surface area contributed by atoms with E-state index in [0.29, 0.717) is 11.2 Å². The maximum Gasteiger partial charge on any atom is 0.169 e. The van der Waals surface area contributed by atoms with Crippen molar-refractivity contribution in [3.05, 3.63) is 22.6 Å². The van der Waals surface area contributed by atoms with E-state index in [-0.39, 0.29) is 12.5 Å². The quantitative estimate of drug-likeness (QED) is 0.801. The average Bonchev–Trinajstić information content (AvgIpc) is 2.39. The Labute approximate surface area is 73.3 Å². The lowest BCUT2D eigenvalue weighted by Crippen LogP contribution is -2.15. The topological polar surface area (TPSA) is 59.4 Å². The van der Waals surface area contributed by atoms with Gasteiger partial charge in [0.1, 0.15) is 5.76 Å². The summed E-state index contributed by atoms with van der Waals surface area (Å²) in [7, 11) is 0. The molecule has 1 aromatic rings.